The van der Waals surface area contributed by atoms with Crippen LogP contribution in [0, 0.1) is 11.3 Å². The van der Waals surface area contributed by atoms with E-state index < -0.39 is 44.6 Å². The minimum absolute atomic E-state index is 0.0578. The van der Waals surface area contributed by atoms with Crippen LogP contribution in [0.3, 0.4) is 0 Å². The highest BCUT2D eigenvalue weighted by Crippen LogP contribution is 2.43. The van der Waals surface area contributed by atoms with Crippen molar-refractivity contribution in [2.24, 2.45) is 10.9 Å². The number of nitrogens with zero attached hydrogens (tertiary/aromatic N) is 2. The lowest BCUT2D eigenvalue weighted by atomic mass is 9.83. The summed E-state index contributed by atoms with van der Waals surface area (Å²) in [4.78, 5) is 15.2. The number of halogens is 3. The van der Waals surface area contributed by atoms with Crippen LogP contribution in [-0.2, 0) is 25.7 Å². The van der Waals surface area contributed by atoms with Gasteiger partial charge in [0.1, 0.15) is 6.54 Å². The SMILES string of the molecule is COC(=O)CN=C1CCCC(N(C)S(=O)(=O)c2cc(C3CC3)cc(C(F)(F)F)c2)C1C=N. The van der Waals surface area contributed by atoms with Crippen LogP contribution in [0.2, 0.25) is 0 Å². The van der Waals surface area contributed by atoms with E-state index in [2.05, 4.69) is 9.73 Å². The van der Waals surface area contributed by atoms with Gasteiger partial charge in [-0.05, 0) is 61.8 Å². The molecule has 32 heavy (non-hydrogen) atoms. The maximum absolute atomic E-state index is 13.4. The smallest absolute Gasteiger partial charge is 0.416 e. The van der Waals surface area contributed by atoms with Crippen molar-refractivity contribution in [3.8, 4) is 0 Å². The fourth-order valence-corrected chi connectivity index (χ4v) is 5.51. The van der Waals surface area contributed by atoms with Crippen molar-refractivity contribution >= 4 is 27.9 Å². The van der Waals surface area contributed by atoms with Gasteiger partial charge in [-0.1, -0.05) is 0 Å². The van der Waals surface area contributed by atoms with Gasteiger partial charge in [-0.2, -0.15) is 17.5 Å². The molecule has 2 saturated carbocycles. The molecule has 2 unspecified atom stereocenters. The number of carbonyl (C=O) groups is 1. The van der Waals surface area contributed by atoms with E-state index in [9.17, 15) is 26.4 Å². The number of ether oxygens (including phenoxy) is 1. The van der Waals surface area contributed by atoms with Crippen LogP contribution >= 0.6 is 0 Å². The summed E-state index contributed by atoms with van der Waals surface area (Å²) in [6.07, 6.45) is -0.634. The second kappa shape index (κ2) is 9.30. The minimum atomic E-state index is -4.66. The van der Waals surface area contributed by atoms with Crippen molar-refractivity contribution in [3.63, 3.8) is 0 Å². The summed E-state index contributed by atoms with van der Waals surface area (Å²) in [5.74, 6) is -1.29. The van der Waals surface area contributed by atoms with Gasteiger partial charge in [-0.3, -0.25) is 9.79 Å². The van der Waals surface area contributed by atoms with Gasteiger partial charge in [0.05, 0.1) is 17.6 Å². The van der Waals surface area contributed by atoms with E-state index in [4.69, 9.17) is 5.41 Å². The third-order valence-corrected chi connectivity index (χ3v) is 7.86. The lowest BCUT2D eigenvalue weighted by Crippen LogP contribution is -2.47. The van der Waals surface area contributed by atoms with E-state index in [1.807, 2.05) is 0 Å². The Morgan fingerprint density at radius 3 is 2.53 bits per heavy atom. The van der Waals surface area contributed by atoms with Gasteiger partial charge in [0.2, 0.25) is 10.0 Å². The average Bonchev–Trinajstić information content (AvgIpc) is 3.61. The lowest BCUT2D eigenvalue weighted by molar-refractivity contribution is -0.139. The number of rotatable bonds is 7. The molecule has 0 saturated heterocycles. The number of methoxy groups -OCH3 is 1. The standard InChI is InChI=1S/C21H26F3N3O4S/c1-27(19-5-3-4-18(17(19)11-25)26-12-20(28)31-2)32(29,30)16-9-14(13-6-7-13)8-15(10-16)21(22,23)24/h8-11,13,17,19,25H,3-7,12H2,1-2H3. The Morgan fingerprint density at radius 1 is 1.28 bits per heavy atom. The van der Waals surface area contributed by atoms with Gasteiger partial charge in [0, 0.05) is 30.9 Å². The first-order valence-electron chi connectivity index (χ1n) is 10.3. The number of carbonyl (C=O) groups excluding carboxylic acids is 1. The molecule has 0 bridgehead atoms. The Morgan fingerprint density at radius 2 is 1.97 bits per heavy atom. The summed E-state index contributed by atoms with van der Waals surface area (Å²) in [5, 5.41) is 7.81. The molecule has 0 amide bonds. The molecule has 11 heteroatoms. The monoisotopic (exact) mass is 473 g/mol. The average molecular weight is 474 g/mol. The first kappa shape index (κ1) is 24.4. The molecule has 2 fully saturated rings. The zero-order valence-electron chi connectivity index (χ0n) is 17.9. The first-order valence-corrected chi connectivity index (χ1v) is 11.7. The first-order chi connectivity index (χ1) is 15.0. The maximum atomic E-state index is 13.4. The molecule has 0 heterocycles. The second-order valence-corrected chi connectivity index (χ2v) is 10.1. The van der Waals surface area contributed by atoms with Crippen LogP contribution in [0.4, 0.5) is 13.2 Å². The Labute approximate surface area is 185 Å². The number of sulfonamides is 1. The second-order valence-electron chi connectivity index (χ2n) is 8.12. The minimum Gasteiger partial charge on any atom is -0.468 e. The molecule has 2 atom stereocenters. The molecule has 1 aromatic carbocycles. The molecule has 7 nitrogen and oxygen atoms in total. The van der Waals surface area contributed by atoms with Crippen molar-refractivity contribution in [2.45, 2.75) is 55.1 Å². The molecule has 1 aromatic rings. The number of alkyl halides is 3. The van der Waals surface area contributed by atoms with Crippen molar-refractivity contribution in [2.75, 3.05) is 20.7 Å². The Balaban J connectivity index is 1.95. The van der Waals surface area contributed by atoms with E-state index in [0.29, 0.717) is 36.6 Å². The van der Waals surface area contributed by atoms with Crippen LogP contribution in [0.1, 0.15) is 49.1 Å². The zero-order chi connectivity index (χ0) is 23.7. The Hall–Kier alpha value is -2.27. The van der Waals surface area contributed by atoms with Gasteiger partial charge in [-0.25, -0.2) is 8.42 Å². The van der Waals surface area contributed by atoms with Crippen LogP contribution in [0.25, 0.3) is 0 Å². The van der Waals surface area contributed by atoms with E-state index in [0.717, 1.165) is 29.4 Å². The van der Waals surface area contributed by atoms with Gasteiger partial charge < -0.3 is 10.1 Å². The fraction of sp³-hybridized carbons (Fsp3) is 0.571. The fourth-order valence-electron chi connectivity index (χ4n) is 4.02. The van der Waals surface area contributed by atoms with Gasteiger partial charge in [0.25, 0.3) is 0 Å². The zero-order valence-corrected chi connectivity index (χ0v) is 18.7. The molecule has 0 aromatic heterocycles. The molecular weight excluding hydrogens is 447 g/mol. The predicted molar refractivity (Wildman–Crippen MR) is 113 cm³/mol. The number of aliphatic imine (C=N–C) groups is 1. The summed E-state index contributed by atoms with van der Waals surface area (Å²) >= 11 is 0. The van der Waals surface area contributed by atoms with Gasteiger partial charge in [0.15, 0.2) is 0 Å². The molecule has 3 rings (SSSR count). The number of hydrogen-bond donors (Lipinski definition) is 1. The largest absolute Gasteiger partial charge is 0.468 e. The Kier molecular flexibility index (Phi) is 7.09. The molecule has 2 aliphatic carbocycles. The van der Waals surface area contributed by atoms with Crippen molar-refractivity contribution in [1.82, 2.24) is 4.31 Å². The summed E-state index contributed by atoms with van der Waals surface area (Å²) in [7, 11) is -1.72. The van der Waals surface area contributed by atoms with Crippen molar-refractivity contribution in [1.29, 1.82) is 5.41 Å². The third kappa shape index (κ3) is 5.20. The summed E-state index contributed by atoms with van der Waals surface area (Å²) < 4.78 is 72.6. The molecule has 0 radical (unpaired) electrons. The van der Waals surface area contributed by atoms with Crippen LogP contribution in [-0.4, -0.2) is 57.4 Å². The summed E-state index contributed by atoms with van der Waals surface area (Å²) in [5.41, 5.74) is -0.104. The van der Waals surface area contributed by atoms with Gasteiger partial charge in [-0.15, -0.1) is 0 Å². The quantitative estimate of drug-likeness (QED) is 0.483. The number of benzene rings is 1. The molecule has 1 N–H and O–H groups in total. The molecular formula is C21H26F3N3O4S. The van der Waals surface area contributed by atoms with Crippen molar-refractivity contribution in [3.05, 3.63) is 29.3 Å². The van der Waals surface area contributed by atoms with Crippen LogP contribution in [0.5, 0.6) is 0 Å². The number of esters is 1. The maximum Gasteiger partial charge on any atom is 0.416 e. The normalized spacial score (nSPS) is 23.4. The lowest BCUT2D eigenvalue weighted by Gasteiger charge is -2.36. The number of nitrogens with one attached hydrogen (secondary N) is 1. The molecule has 0 aliphatic heterocycles. The predicted octanol–water partition coefficient (Wildman–Crippen LogP) is 3.64. The number of hydrogen-bond acceptors (Lipinski definition) is 6. The highest BCUT2D eigenvalue weighted by Gasteiger charge is 2.40. The van der Waals surface area contributed by atoms with E-state index in [1.54, 1.807) is 0 Å². The molecule has 176 valence electrons. The highest BCUT2D eigenvalue weighted by molar-refractivity contribution is 7.89. The Bertz CT molecular complexity index is 1020. The highest BCUT2D eigenvalue weighted by atomic mass is 32.2. The summed E-state index contributed by atoms with van der Waals surface area (Å²) in [6, 6.07) is 2.33. The van der Waals surface area contributed by atoms with Crippen LogP contribution in [0.15, 0.2) is 28.1 Å². The van der Waals surface area contributed by atoms with Crippen molar-refractivity contribution < 1.29 is 31.1 Å². The van der Waals surface area contributed by atoms with Crippen LogP contribution < -0.4 is 0 Å². The summed E-state index contributed by atoms with van der Waals surface area (Å²) in [6.45, 7) is -0.238. The van der Waals surface area contributed by atoms with E-state index in [-0.39, 0.29) is 12.5 Å². The van der Waals surface area contributed by atoms with Gasteiger partial charge >= 0.3 is 12.1 Å². The third-order valence-electron chi connectivity index (χ3n) is 6.00. The molecule has 0 spiro atoms. The van der Waals surface area contributed by atoms with E-state index in [1.165, 1.54) is 20.2 Å². The topological polar surface area (TPSA) is 99.9 Å². The van der Waals surface area contributed by atoms with E-state index >= 15 is 0 Å². The molecule has 2 aliphatic rings.